The molecule has 0 aromatic carbocycles. The van der Waals surface area contributed by atoms with Crippen LogP contribution < -0.4 is 5.32 Å². The molecule has 8 heteroatoms. The summed E-state index contributed by atoms with van der Waals surface area (Å²) in [6.07, 6.45) is 0. The summed E-state index contributed by atoms with van der Waals surface area (Å²) in [5.41, 5.74) is 0. The summed E-state index contributed by atoms with van der Waals surface area (Å²) in [6.45, 7) is 4.08. The molecule has 18 heavy (non-hydrogen) atoms. The lowest BCUT2D eigenvalue weighted by atomic mass is 10.5. The number of halogens is 1. The van der Waals surface area contributed by atoms with E-state index in [1.807, 2.05) is 0 Å². The van der Waals surface area contributed by atoms with Crippen LogP contribution in [0.1, 0.15) is 13.8 Å². The highest BCUT2D eigenvalue weighted by Gasteiger charge is 2.28. The number of nitrogens with one attached hydrogen (secondary N) is 1. The summed E-state index contributed by atoms with van der Waals surface area (Å²) in [6, 6.07) is 1.68. The monoisotopic (exact) mass is 354 g/mol. The van der Waals surface area contributed by atoms with Crippen molar-refractivity contribution < 1.29 is 13.2 Å². The first kappa shape index (κ1) is 15.6. The average Bonchev–Trinajstić information content (AvgIpc) is 2.73. The SMILES string of the molecule is CCNC(=O)CN(CC)S(=O)(=O)c1sccc1Br. The quantitative estimate of drug-likeness (QED) is 0.844. The van der Waals surface area contributed by atoms with E-state index >= 15 is 0 Å². The first-order valence-electron chi connectivity index (χ1n) is 5.43. The van der Waals surface area contributed by atoms with E-state index in [1.54, 1.807) is 25.3 Å². The third kappa shape index (κ3) is 3.53. The summed E-state index contributed by atoms with van der Waals surface area (Å²) < 4.78 is 26.5. The zero-order valence-corrected chi connectivity index (χ0v) is 13.4. The molecular weight excluding hydrogens is 340 g/mol. The number of likely N-dealkylation sites (N-methyl/N-ethyl adjacent to an activating group) is 2. The van der Waals surface area contributed by atoms with Crippen molar-refractivity contribution in [1.29, 1.82) is 0 Å². The Morgan fingerprint density at radius 1 is 1.50 bits per heavy atom. The number of sulfonamides is 1. The summed E-state index contributed by atoms with van der Waals surface area (Å²) in [5, 5.41) is 4.28. The maximum atomic E-state index is 12.3. The standard InChI is InChI=1S/C10H15BrN2O3S2/c1-3-12-9(14)7-13(4-2)18(15,16)10-8(11)5-6-17-10/h5-6H,3-4,7H2,1-2H3,(H,12,14). The van der Waals surface area contributed by atoms with E-state index in [0.717, 1.165) is 15.6 Å². The molecule has 1 N–H and O–H groups in total. The van der Waals surface area contributed by atoms with Crippen LogP contribution in [-0.4, -0.2) is 38.3 Å². The Balaban J connectivity index is 2.95. The molecule has 0 aliphatic rings. The molecule has 1 rings (SSSR count). The number of thiophene rings is 1. The van der Waals surface area contributed by atoms with Crippen LogP contribution in [0.3, 0.4) is 0 Å². The lowest BCUT2D eigenvalue weighted by Gasteiger charge is -2.19. The van der Waals surface area contributed by atoms with Gasteiger partial charge in [0.1, 0.15) is 4.21 Å². The molecule has 1 aromatic heterocycles. The van der Waals surface area contributed by atoms with Crippen molar-refractivity contribution in [3.05, 3.63) is 15.9 Å². The molecule has 0 fully saturated rings. The fourth-order valence-corrected chi connectivity index (χ4v) is 5.22. The Labute approximate surface area is 119 Å². The molecule has 0 aliphatic carbocycles. The van der Waals surface area contributed by atoms with Crippen LogP contribution in [0.2, 0.25) is 0 Å². The van der Waals surface area contributed by atoms with Gasteiger partial charge in [0.25, 0.3) is 10.0 Å². The minimum Gasteiger partial charge on any atom is -0.355 e. The van der Waals surface area contributed by atoms with Gasteiger partial charge in [-0.25, -0.2) is 8.42 Å². The molecule has 1 amide bonds. The molecule has 102 valence electrons. The summed E-state index contributed by atoms with van der Waals surface area (Å²) in [7, 11) is -3.61. The van der Waals surface area contributed by atoms with Crippen molar-refractivity contribution >= 4 is 43.2 Å². The molecule has 1 aromatic rings. The number of carbonyl (C=O) groups excluding carboxylic acids is 1. The van der Waals surface area contributed by atoms with Gasteiger partial charge in [-0.1, -0.05) is 6.92 Å². The van der Waals surface area contributed by atoms with Crippen molar-refractivity contribution in [2.45, 2.75) is 18.1 Å². The Morgan fingerprint density at radius 3 is 2.61 bits per heavy atom. The number of amides is 1. The van der Waals surface area contributed by atoms with E-state index in [-0.39, 0.29) is 23.2 Å². The van der Waals surface area contributed by atoms with Crippen molar-refractivity contribution in [3.8, 4) is 0 Å². The summed E-state index contributed by atoms with van der Waals surface area (Å²) >= 11 is 4.33. The average molecular weight is 355 g/mol. The maximum absolute atomic E-state index is 12.3. The van der Waals surface area contributed by atoms with Gasteiger partial charge in [0, 0.05) is 17.6 Å². The first-order chi connectivity index (χ1) is 8.43. The number of hydrogen-bond donors (Lipinski definition) is 1. The zero-order chi connectivity index (χ0) is 13.8. The molecule has 0 spiro atoms. The second kappa shape index (κ2) is 6.65. The predicted molar refractivity (Wildman–Crippen MR) is 75.1 cm³/mol. The van der Waals surface area contributed by atoms with Gasteiger partial charge >= 0.3 is 0 Å². The van der Waals surface area contributed by atoms with E-state index in [2.05, 4.69) is 21.2 Å². The van der Waals surface area contributed by atoms with Crippen molar-refractivity contribution in [2.75, 3.05) is 19.6 Å². The predicted octanol–water partition coefficient (Wildman–Crippen LogP) is 1.66. The second-order valence-electron chi connectivity index (χ2n) is 3.44. The van der Waals surface area contributed by atoms with Gasteiger partial charge in [0.2, 0.25) is 5.91 Å². The van der Waals surface area contributed by atoms with Gasteiger partial charge < -0.3 is 5.32 Å². The lowest BCUT2D eigenvalue weighted by Crippen LogP contribution is -2.40. The molecular formula is C10H15BrN2O3S2. The van der Waals surface area contributed by atoms with Crippen LogP contribution in [0, 0.1) is 0 Å². The van der Waals surface area contributed by atoms with Crippen molar-refractivity contribution in [3.63, 3.8) is 0 Å². The lowest BCUT2D eigenvalue weighted by molar-refractivity contribution is -0.121. The van der Waals surface area contributed by atoms with E-state index in [4.69, 9.17) is 0 Å². The van der Waals surface area contributed by atoms with Crippen LogP contribution in [0.4, 0.5) is 0 Å². The van der Waals surface area contributed by atoms with Crippen LogP contribution in [0.15, 0.2) is 20.1 Å². The van der Waals surface area contributed by atoms with Gasteiger partial charge in [-0.15, -0.1) is 11.3 Å². The number of hydrogen-bond acceptors (Lipinski definition) is 4. The van der Waals surface area contributed by atoms with Crippen LogP contribution in [0.25, 0.3) is 0 Å². The van der Waals surface area contributed by atoms with Crippen LogP contribution in [-0.2, 0) is 14.8 Å². The highest BCUT2D eigenvalue weighted by molar-refractivity contribution is 9.10. The van der Waals surface area contributed by atoms with Gasteiger partial charge in [-0.05, 0) is 34.3 Å². The van der Waals surface area contributed by atoms with Gasteiger partial charge in [0.05, 0.1) is 6.54 Å². The van der Waals surface area contributed by atoms with Crippen molar-refractivity contribution in [1.82, 2.24) is 9.62 Å². The number of carbonyl (C=O) groups is 1. The topological polar surface area (TPSA) is 66.5 Å². The van der Waals surface area contributed by atoms with E-state index in [1.165, 1.54) is 0 Å². The zero-order valence-electron chi connectivity index (χ0n) is 10.1. The van der Waals surface area contributed by atoms with Crippen LogP contribution in [0.5, 0.6) is 0 Å². The fraction of sp³-hybridized carbons (Fsp3) is 0.500. The van der Waals surface area contributed by atoms with Crippen LogP contribution >= 0.6 is 27.3 Å². The molecule has 0 radical (unpaired) electrons. The maximum Gasteiger partial charge on any atom is 0.254 e. The highest BCUT2D eigenvalue weighted by Crippen LogP contribution is 2.30. The molecule has 0 unspecified atom stereocenters. The number of nitrogens with zero attached hydrogens (tertiary/aromatic N) is 1. The second-order valence-corrected chi connectivity index (χ2v) is 7.34. The van der Waals surface area contributed by atoms with E-state index < -0.39 is 10.0 Å². The summed E-state index contributed by atoms with van der Waals surface area (Å²) in [4.78, 5) is 11.5. The molecule has 0 atom stereocenters. The van der Waals surface area contributed by atoms with E-state index in [0.29, 0.717) is 11.0 Å². The third-order valence-electron chi connectivity index (χ3n) is 2.21. The van der Waals surface area contributed by atoms with Crippen molar-refractivity contribution in [2.24, 2.45) is 0 Å². The third-order valence-corrected chi connectivity index (χ3v) is 6.77. The fourth-order valence-electron chi connectivity index (χ4n) is 1.36. The molecule has 0 aliphatic heterocycles. The molecule has 0 saturated heterocycles. The van der Waals surface area contributed by atoms with Gasteiger partial charge in [0.15, 0.2) is 0 Å². The molecule has 0 bridgehead atoms. The van der Waals surface area contributed by atoms with Gasteiger partial charge in [-0.3, -0.25) is 4.79 Å². The summed E-state index contributed by atoms with van der Waals surface area (Å²) in [5.74, 6) is -0.296. The Hall–Kier alpha value is -0.440. The first-order valence-corrected chi connectivity index (χ1v) is 8.54. The molecule has 1 heterocycles. The number of rotatable bonds is 6. The highest BCUT2D eigenvalue weighted by atomic mass is 79.9. The minimum absolute atomic E-state index is 0.156. The largest absolute Gasteiger partial charge is 0.355 e. The minimum atomic E-state index is -3.61. The smallest absolute Gasteiger partial charge is 0.254 e. The van der Waals surface area contributed by atoms with Gasteiger partial charge in [-0.2, -0.15) is 4.31 Å². The Kier molecular flexibility index (Phi) is 5.77. The molecule has 5 nitrogen and oxygen atoms in total. The Bertz CT molecular complexity index is 513. The normalized spacial score (nSPS) is 11.8. The molecule has 0 saturated carbocycles. The Morgan fingerprint density at radius 2 is 2.17 bits per heavy atom. The van der Waals surface area contributed by atoms with E-state index in [9.17, 15) is 13.2 Å².